The smallest absolute Gasteiger partial charge is 0.402 e. The standard InChI is InChI=1S/C29H29N6O4S2/c1-15-23(14-40-41-27-32-19-8-7-16(35(37)38)11-20(19)33-27)34(10-9-24(15)39-6)26-30-21-12-17-18(13-22(21)31-26)29(4,5)25(36)28(17,2)3/h7-13H,14H2,1-6H3,(H,30,31)(H,32,33)/q+1. The molecule has 0 saturated heterocycles. The Hall–Kier alpha value is -3.90. The first-order chi connectivity index (χ1) is 19.4. The van der Waals surface area contributed by atoms with E-state index in [0.717, 1.165) is 39.2 Å². The molecule has 1 aliphatic rings. The van der Waals surface area contributed by atoms with Crippen LogP contribution in [0.3, 0.4) is 0 Å². The monoisotopic (exact) mass is 589 g/mol. The highest BCUT2D eigenvalue weighted by molar-refractivity contribution is 8.76. The number of aromatic amines is 2. The summed E-state index contributed by atoms with van der Waals surface area (Å²) >= 11 is 0. The Morgan fingerprint density at radius 1 is 1.00 bits per heavy atom. The Labute approximate surface area is 243 Å². The first-order valence-electron chi connectivity index (χ1n) is 13.0. The van der Waals surface area contributed by atoms with Gasteiger partial charge in [0, 0.05) is 34.6 Å². The molecule has 0 atom stereocenters. The van der Waals surface area contributed by atoms with Gasteiger partial charge < -0.3 is 9.72 Å². The van der Waals surface area contributed by atoms with Crippen LogP contribution in [-0.4, -0.2) is 37.8 Å². The van der Waals surface area contributed by atoms with Crippen LogP contribution in [0.15, 0.2) is 47.8 Å². The van der Waals surface area contributed by atoms with Crippen LogP contribution in [0.4, 0.5) is 5.69 Å². The highest BCUT2D eigenvalue weighted by Crippen LogP contribution is 2.47. The number of ether oxygens (including phenoxy) is 1. The van der Waals surface area contributed by atoms with Crippen molar-refractivity contribution in [2.45, 2.75) is 56.4 Å². The Morgan fingerprint density at radius 2 is 1.71 bits per heavy atom. The molecule has 0 fully saturated rings. The van der Waals surface area contributed by atoms with Crippen LogP contribution in [0.5, 0.6) is 5.75 Å². The third kappa shape index (κ3) is 4.36. The quantitative estimate of drug-likeness (QED) is 0.102. The molecule has 12 heteroatoms. The lowest BCUT2D eigenvalue weighted by Gasteiger charge is -2.21. The summed E-state index contributed by atoms with van der Waals surface area (Å²) < 4.78 is 7.64. The van der Waals surface area contributed by atoms with E-state index in [4.69, 9.17) is 9.72 Å². The van der Waals surface area contributed by atoms with E-state index >= 15 is 0 Å². The summed E-state index contributed by atoms with van der Waals surface area (Å²) in [7, 11) is 4.70. The van der Waals surface area contributed by atoms with Gasteiger partial charge in [0.15, 0.2) is 16.5 Å². The fraction of sp³-hybridized carbons (Fsp3) is 0.310. The molecule has 41 heavy (non-hydrogen) atoms. The number of methoxy groups -OCH3 is 1. The van der Waals surface area contributed by atoms with Crippen LogP contribution >= 0.6 is 21.6 Å². The predicted octanol–water partition coefficient (Wildman–Crippen LogP) is 6.02. The van der Waals surface area contributed by atoms with Crippen molar-refractivity contribution < 1.29 is 19.0 Å². The Morgan fingerprint density at radius 3 is 2.41 bits per heavy atom. The fourth-order valence-electron chi connectivity index (χ4n) is 5.76. The van der Waals surface area contributed by atoms with Gasteiger partial charge in [-0.05, 0) is 74.7 Å². The Kier molecular flexibility index (Phi) is 6.38. The molecule has 0 aliphatic heterocycles. The minimum atomic E-state index is -0.573. The topological polar surface area (TPSA) is 131 Å². The molecule has 0 spiro atoms. The van der Waals surface area contributed by atoms with Crippen LogP contribution in [0.25, 0.3) is 28.0 Å². The number of fused-ring (bicyclic) bond motifs is 3. The molecule has 2 aromatic carbocycles. The number of aromatic nitrogens is 5. The van der Waals surface area contributed by atoms with Gasteiger partial charge in [-0.25, -0.2) is 14.5 Å². The third-order valence-corrected chi connectivity index (χ3v) is 10.0. The number of nitro groups is 1. The summed E-state index contributed by atoms with van der Waals surface area (Å²) in [5, 5.41) is 11.8. The molecule has 0 unspecified atom stereocenters. The molecule has 5 aromatic rings. The van der Waals surface area contributed by atoms with Gasteiger partial charge in [-0.1, -0.05) is 15.8 Å². The maximum absolute atomic E-state index is 13.1. The number of nitrogens with one attached hydrogen (secondary N) is 2. The van der Waals surface area contributed by atoms with Gasteiger partial charge in [-0.15, -0.1) is 0 Å². The molecular weight excluding hydrogens is 560 g/mol. The number of benzene rings is 2. The summed E-state index contributed by atoms with van der Waals surface area (Å²) in [6, 6.07) is 10.6. The van der Waals surface area contributed by atoms with Gasteiger partial charge in [0.25, 0.3) is 5.69 Å². The average Bonchev–Trinajstić information content (AvgIpc) is 3.58. The molecule has 6 rings (SSSR count). The van der Waals surface area contributed by atoms with E-state index in [2.05, 4.69) is 21.0 Å². The van der Waals surface area contributed by atoms with E-state index in [-0.39, 0.29) is 11.5 Å². The predicted molar refractivity (Wildman–Crippen MR) is 160 cm³/mol. The van der Waals surface area contributed by atoms with Crippen molar-refractivity contribution in [2.75, 3.05) is 7.11 Å². The number of imidazole rings is 2. The first kappa shape index (κ1) is 27.3. The zero-order valence-corrected chi connectivity index (χ0v) is 25.1. The lowest BCUT2D eigenvalue weighted by Crippen LogP contribution is -2.37. The van der Waals surface area contributed by atoms with Crippen LogP contribution in [0.2, 0.25) is 0 Å². The van der Waals surface area contributed by atoms with E-state index in [1.54, 1.807) is 24.0 Å². The number of ketones is 1. The molecule has 0 bridgehead atoms. The lowest BCUT2D eigenvalue weighted by molar-refractivity contribution is -0.610. The van der Waals surface area contributed by atoms with Gasteiger partial charge in [0.2, 0.25) is 0 Å². The molecule has 1 aliphatic carbocycles. The maximum atomic E-state index is 13.1. The van der Waals surface area contributed by atoms with Crippen molar-refractivity contribution in [3.05, 3.63) is 75.1 Å². The summed E-state index contributed by atoms with van der Waals surface area (Å²) in [5.74, 6) is 2.27. The Balaban J connectivity index is 1.33. The van der Waals surface area contributed by atoms with Gasteiger partial charge in [-0.3, -0.25) is 14.9 Å². The maximum Gasteiger partial charge on any atom is 0.402 e. The second-order valence-electron chi connectivity index (χ2n) is 11.2. The lowest BCUT2D eigenvalue weighted by atomic mass is 9.80. The van der Waals surface area contributed by atoms with Crippen molar-refractivity contribution in [1.82, 2.24) is 19.9 Å². The van der Waals surface area contributed by atoms with Crippen molar-refractivity contribution in [3.8, 4) is 11.7 Å². The summed E-state index contributed by atoms with van der Waals surface area (Å²) in [5.41, 5.74) is 5.91. The number of non-ortho nitro benzene ring substituents is 1. The summed E-state index contributed by atoms with van der Waals surface area (Å²) in [4.78, 5) is 40.0. The average molecular weight is 590 g/mol. The van der Waals surface area contributed by atoms with Gasteiger partial charge in [0.1, 0.15) is 17.0 Å². The van der Waals surface area contributed by atoms with E-state index in [0.29, 0.717) is 27.9 Å². The van der Waals surface area contributed by atoms with Crippen LogP contribution in [-0.2, 0) is 21.4 Å². The van der Waals surface area contributed by atoms with E-state index in [1.165, 1.54) is 22.9 Å². The molecular formula is C29H29N6O4S2+. The number of rotatable bonds is 7. The number of H-pyrrole nitrogens is 2. The zero-order chi connectivity index (χ0) is 29.3. The van der Waals surface area contributed by atoms with Crippen molar-refractivity contribution in [1.29, 1.82) is 0 Å². The number of nitrogens with zero attached hydrogens (tertiary/aromatic N) is 4. The van der Waals surface area contributed by atoms with Crippen molar-refractivity contribution in [3.63, 3.8) is 0 Å². The summed E-state index contributed by atoms with van der Waals surface area (Å²) in [6.07, 6.45) is 1.94. The van der Waals surface area contributed by atoms with E-state index in [9.17, 15) is 14.9 Å². The highest BCUT2D eigenvalue weighted by Gasteiger charge is 2.50. The Bertz CT molecular complexity index is 1840. The van der Waals surface area contributed by atoms with Gasteiger partial charge in [-0.2, -0.15) is 0 Å². The van der Waals surface area contributed by atoms with E-state index in [1.807, 2.05) is 57.5 Å². The largest absolute Gasteiger partial charge is 0.496 e. The number of nitro benzene ring substituents is 1. The molecule has 0 saturated carbocycles. The first-order valence-corrected chi connectivity index (χ1v) is 15.4. The van der Waals surface area contributed by atoms with Crippen LogP contribution < -0.4 is 9.30 Å². The molecule has 0 radical (unpaired) electrons. The molecule has 210 valence electrons. The zero-order valence-electron chi connectivity index (χ0n) is 23.5. The third-order valence-electron chi connectivity index (χ3n) is 8.00. The second-order valence-corrected chi connectivity index (χ2v) is 13.5. The number of carbonyl (C=O) groups is 1. The molecule has 10 nitrogen and oxygen atoms in total. The molecule has 0 amide bonds. The van der Waals surface area contributed by atoms with Gasteiger partial charge >= 0.3 is 5.95 Å². The molecule has 2 N–H and O–H groups in total. The minimum absolute atomic E-state index is 0.0215. The number of hydrogen-bond donors (Lipinski definition) is 2. The fourth-order valence-corrected chi connectivity index (χ4v) is 7.77. The molecule has 3 aromatic heterocycles. The number of hydrogen-bond acceptors (Lipinski definition) is 8. The minimum Gasteiger partial charge on any atom is -0.496 e. The molecule has 3 heterocycles. The van der Waals surface area contributed by atoms with E-state index < -0.39 is 15.8 Å². The second kappa shape index (κ2) is 9.59. The van der Waals surface area contributed by atoms with Gasteiger partial charge in [0.05, 0.1) is 35.0 Å². The van der Waals surface area contributed by atoms with Crippen LogP contribution in [0, 0.1) is 17.0 Å². The SMILES string of the molecule is COc1cc[n+](-c2nc3cc4c(cc3[nH]2)C(C)(C)C(=O)C4(C)C)c(CSSc2nc3ccc([N+](=O)[O-])cc3[nH]2)c1C. The highest BCUT2D eigenvalue weighted by atomic mass is 33.1. The van der Waals surface area contributed by atoms with Crippen molar-refractivity contribution >= 4 is 55.1 Å². The number of pyridine rings is 1. The van der Waals surface area contributed by atoms with Crippen LogP contribution in [0.1, 0.15) is 50.1 Å². The summed E-state index contributed by atoms with van der Waals surface area (Å²) in [6.45, 7) is 9.97. The number of carbonyl (C=O) groups excluding carboxylic acids is 1. The normalized spacial score (nSPS) is 15.5. The number of Topliss-reactive ketones (excluding diaryl/α,β-unsaturated/α-hetero) is 1. The van der Waals surface area contributed by atoms with Crippen molar-refractivity contribution in [2.24, 2.45) is 0 Å².